The van der Waals surface area contributed by atoms with Gasteiger partial charge in [0, 0.05) is 10.4 Å². The number of esters is 1. The van der Waals surface area contributed by atoms with Crippen LogP contribution in [0.1, 0.15) is 15.2 Å². The van der Waals surface area contributed by atoms with Gasteiger partial charge in [-0.3, -0.25) is 9.59 Å². The van der Waals surface area contributed by atoms with E-state index in [-0.39, 0.29) is 17.6 Å². The van der Waals surface area contributed by atoms with Gasteiger partial charge in [0.05, 0.1) is 23.1 Å². The average molecular weight is 393 g/mol. The number of ether oxygens (including phenoxy) is 1. The third kappa shape index (κ3) is 3.16. The van der Waals surface area contributed by atoms with E-state index in [4.69, 9.17) is 11.6 Å². The predicted octanol–water partition coefficient (Wildman–Crippen LogP) is 3.02. The molecule has 0 aliphatic carbocycles. The van der Waals surface area contributed by atoms with Gasteiger partial charge in [-0.25, -0.2) is 9.36 Å². The monoisotopic (exact) mass is 392 g/mol. The fraction of sp³-hybridized carbons (Fsp3) is 0.118. The molecule has 26 heavy (non-hydrogen) atoms. The number of fused-ring (bicyclic) bond motifs is 1. The van der Waals surface area contributed by atoms with Crippen molar-refractivity contribution in [2.24, 2.45) is 0 Å². The highest BCUT2D eigenvalue weighted by Crippen LogP contribution is 2.35. The zero-order valence-corrected chi connectivity index (χ0v) is 15.1. The molecular weight excluding hydrogens is 380 g/mol. The van der Waals surface area contributed by atoms with E-state index in [0.717, 1.165) is 4.57 Å². The number of carbonyl (C=O) groups excluding carboxylic acids is 3. The summed E-state index contributed by atoms with van der Waals surface area (Å²) in [5.41, 5.74) is 0.257. The number of halogens is 1. The fourth-order valence-corrected chi connectivity index (χ4v) is 3.35. The zero-order chi connectivity index (χ0) is 18.8. The minimum Gasteiger partial charge on any atom is -0.494 e. The Hall–Kier alpha value is -2.84. The smallest absolute Gasteiger partial charge is 0.329 e. The summed E-state index contributed by atoms with van der Waals surface area (Å²) in [5.74, 6) is -1.60. The summed E-state index contributed by atoms with van der Waals surface area (Å²) < 4.78 is 5.39. The van der Waals surface area contributed by atoms with Gasteiger partial charge in [0.15, 0.2) is 0 Å². The normalized spacial score (nSPS) is 10.7. The van der Waals surface area contributed by atoms with Crippen molar-refractivity contribution in [3.05, 3.63) is 51.2 Å². The molecular formula is C17H13ClN2O5S. The molecule has 2 N–H and O–H groups in total. The SMILES string of the molecule is COC(=O)CNC(=O)n1c(O)c(C(=O)c2cccs2)c2cc(Cl)ccc21. The topological polar surface area (TPSA) is 97.6 Å². The Morgan fingerprint density at radius 2 is 2.08 bits per heavy atom. The van der Waals surface area contributed by atoms with Crippen LogP contribution >= 0.6 is 22.9 Å². The van der Waals surface area contributed by atoms with E-state index in [1.807, 2.05) is 0 Å². The number of amides is 1. The van der Waals surface area contributed by atoms with Gasteiger partial charge in [-0.1, -0.05) is 17.7 Å². The van der Waals surface area contributed by atoms with E-state index in [0.29, 0.717) is 15.3 Å². The molecule has 9 heteroatoms. The Morgan fingerprint density at radius 3 is 2.73 bits per heavy atom. The quantitative estimate of drug-likeness (QED) is 0.525. The minimum atomic E-state index is -0.773. The van der Waals surface area contributed by atoms with Gasteiger partial charge >= 0.3 is 12.0 Å². The summed E-state index contributed by atoms with van der Waals surface area (Å²) in [6.07, 6.45) is 0. The number of aromatic nitrogens is 1. The summed E-state index contributed by atoms with van der Waals surface area (Å²) in [7, 11) is 1.19. The maximum absolute atomic E-state index is 12.8. The highest BCUT2D eigenvalue weighted by molar-refractivity contribution is 7.12. The molecule has 1 aromatic carbocycles. The van der Waals surface area contributed by atoms with Gasteiger partial charge in [0.2, 0.25) is 11.7 Å². The molecule has 0 unspecified atom stereocenters. The number of nitrogens with one attached hydrogen (secondary N) is 1. The fourth-order valence-electron chi connectivity index (χ4n) is 2.51. The van der Waals surface area contributed by atoms with Crippen LogP contribution in [0, 0.1) is 0 Å². The number of ketones is 1. The molecule has 3 aromatic rings. The Morgan fingerprint density at radius 1 is 1.31 bits per heavy atom. The molecule has 0 saturated carbocycles. The molecule has 0 radical (unpaired) electrons. The summed E-state index contributed by atoms with van der Waals surface area (Å²) in [4.78, 5) is 36.9. The van der Waals surface area contributed by atoms with Crippen molar-refractivity contribution in [3.63, 3.8) is 0 Å². The highest BCUT2D eigenvalue weighted by Gasteiger charge is 2.27. The van der Waals surface area contributed by atoms with Crippen molar-refractivity contribution < 1.29 is 24.2 Å². The van der Waals surface area contributed by atoms with Crippen LogP contribution in [-0.2, 0) is 9.53 Å². The molecule has 0 fully saturated rings. The Bertz CT molecular complexity index is 1010. The molecule has 0 saturated heterocycles. The number of benzene rings is 1. The van der Waals surface area contributed by atoms with Crippen LogP contribution in [0.5, 0.6) is 5.88 Å². The van der Waals surface area contributed by atoms with E-state index in [2.05, 4.69) is 10.1 Å². The number of hydrogen-bond acceptors (Lipinski definition) is 6. The number of methoxy groups -OCH3 is 1. The Kier molecular flexibility index (Phi) is 4.97. The van der Waals surface area contributed by atoms with E-state index >= 15 is 0 Å². The van der Waals surface area contributed by atoms with Crippen molar-refractivity contribution in [2.45, 2.75) is 0 Å². The van der Waals surface area contributed by atoms with E-state index in [9.17, 15) is 19.5 Å². The van der Waals surface area contributed by atoms with Crippen LogP contribution in [0.4, 0.5) is 4.79 Å². The molecule has 0 aliphatic rings. The van der Waals surface area contributed by atoms with Crippen LogP contribution in [0.3, 0.4) is 0 Å². The van der Waals surface area contributed by atoms with E-state index in [1.54, 1.807) is 17.5 Å². The number of rotatable bonds is 4. The first-order valence-electron chi connectivity index (χ1n) is 7.40. The third-order valence-electron chi connectivity index (χ3n) is 3.69. The maximum atomic E-state index is 12.8. The first-order chi connectivity index (χ1) is 12.4. The lowest BCUT2D eigenvalue weighted by Gasteiger charge is -2.07. The summed E-state index contributed by atoms with van der Waals surface area (Å²) in [6.45, 7) is -0.379. The lowest BCUT2D eigenvalue weighted by atomic mass is 10.1. The largest absolute Gasteiger partial charge is 0.494 e. The van der Waals surface area contributed by atoms with Crippen LogP contribution in [0.25, 0.3) is 10.9 Å². The second-order valence-electron chi connectivity index (χ2n) is 5.24. The molecule has 0 spiro atoms. The molecule has 7 nitrogen and oxygen atoms in total. The van der Waals surface area contributed by atoms with Crippen LogP contribution < -0.4 is 5.32 Å². The molecule has 134 valence electrons. The van der Waals surface area contributed by atoms with Gasteiger partial charge < -0.3 is 15.2 Å². The average Bonchev–Trinajstić information content (AvgIpc) is 3.24. The zero-order valence-electron chi connectivity index (χ0n) is 13.5. The number of carbonyl (C=O) groups is 3. The van der Waals surface area contributed by atoms with Crippen molar-refractivity contribution >= 4 is 51.6 Å². The molecule has 2 aromatic heterocycles. The second-order valence-corrected chi connectivity index (χ2v) is 6.62. The Labute approximate surface area is 156 Å². The van der Waals surface area contributed by atoms with Gasteiger partial charge in [0.1, 0.15) is 6.54 Å². The summed E-state index contributed by atoms with van der Waals surface area (Å²) in [5, 5.41) is 15.3. The van der Waals surface area contributed by atoms with Crippen molar-refractivity contribution in [1.82, 2.24) is 9.88 Å². The lowest BCUT2D eigenvalue weighted by Crippen LogP contribution is -2.33. The molecule has 3 rings (SSSR count). The second kappa shape index (κ2) is 7.19. The summed E-state index contributed by atoms with van der Waals surface area (Å²) >= 11 is 7.24. The standard InChI is InChI=1S/C17H13ClN2O5S/c1-25-13(21)8-19-17(24)20-11-5-4-9(18)7-10(11)14(16(20)23)15(22)12-3-2-6-26-12/h2-7,23H,8H2,1H3,(H,19,24). The molecule has 0 bridgehead atoms. The van der Waals surface area contributed by atoms with Crippen molar-refractivity contribution in [1.29, 1.82) is 0 Å². The molecule has 2 heterocycles. The Balaban J connectivity index is 2.12. The van der Waals surface area contributed by atoms with Gasteiger partial charge in [-0.15, -0.1) is 11.3 Å². The van der Waals surface area contributed by atoms with Crippen molar-refractivity contribution in [2.75, 3.05) is 13.7 Å². The number of nitrogens with zero attached hydrogens (tertiary/aromatic N) is 1. The number of thiophene rings is 1. The number of aromatic hydroxyl groups is 1. The van der Waals surface area contributed by atoms with Crippen molar-refractivity contribution in [3.8, 4) is 5.88 Å². The first kappa shape index (κ1) is 18.0. The molecule has 1 amide bonds. The van der Waals surface area contributed by atoms with Crippen LogP contribution in [0.15, 0.2) is 35.7 Å². The maximum Gasteiger partial charge on any atom is 0.329 e. The van der Waals surface area contributed by atoms with E-state index < -0.39 is 23.7 Å². The van der Waals surface area contributed by atoms with Crippen LogP contribution in [-0.4, -0.2) is 41.1 Å². The van der Waals surface area contributed by atoms with Gasteiger partial charge in [-0.05, 0) is 29.6 Å². The number of hydrogen-bond donors (Lipinski definition) is 2. The van der Waals surface area contributed by atoms with E-state index in [1.165, 1.54) is 36.6 Å². The molecule has 0 aliphatic heterocycles. The van der Waals surface area contributed by atoms with Gasteiger partial charge in [-0.2, -0.15) is 0 Å². The van der Waals surface area contributed by atoms with Gasteiger partial charge in [0.25, 0.3) is 0 Å². The highest BCUT2D eigenvalue weighted by atomic mass is 35.5. The van der Waals surface area contributed by atoms with Crippen LogP contribution in [0.2, 0.25) is 5.02 Å². The molecule has 0 atom stereocenters. The minimum absolute atomic E-state index is 0.0295. The summed E-state index contributed by atoms with van der Waals surface area (Å²) in [6, 6.07) is 7.11. The first-order valence-corrected chi connectivity index (χ1v) is 8.66. The third-order valence-corrected chi connectivity index (χ3v) is 4.79. The predicted molar refractivity (Wildman–Crippen MR) is 97.2 cm³/mol. The lowest BCUT2D eigenvalue weighted by molar-refractivity contribution is -0.139.